The van der Waals surface area contributed by atoms with E-state index in [0.717, 1.165) is 31.1 Å². The lowest BCUT2D eigenvalue weighted by atomic mass is 9.96. The molecule has 1 aromatic carbocycles. The van der Waals surface area contributed by atoms with Crippen molar-refractivity contribution in [1.82, 2.24) is 4.90 Å². The van der Waals surface area contributed by atoms with Crippen LogP contribution < -0.4 is 10.5 Å². The number of piperidine rings is 1. The van der Waals surface area contributed by atoms with E-state index in [-0.39, 0.29) is 0 Å². The highest BCUT2D eigenvalue weighted by Crippen LogP contribution is 2.19. The van der Waals surface area contributed by atoms with Gasteiger partial charge in [0.1, 0.15) is 12.4 Å². The lowest BCUT2D eigenvalue weighted by Gasteiger charge is -2.36. The zero-order valence-corrected chi connectivity index (χ0v) is 11.8. The van der Waals surface area contributed by atoms with Crippen LogP contribution in [0.4, 0.5) is 5.69 Å². The van der Waals surface area contributed by atoms with Gasteiger partial charge in [0, 0.05) is 32.0 Å². The maximum absolute atomic E-state index is 5.72. The number of nitrogens with zero attached hydrogens (tertiary/aromatic N) is 1. The number of ether oxygens (including phenoxy) is 2. The Bertz CT molecular complexity index is 397. The highest BCUT2D eigenvalue weighted by atomic mass is 16.5. The first-order valence-corrected chi connectivity index (χ1v) is 6.92. The Morgan fingerprint density at radius 1 is 1.42 bits per heavy atom. The fourth-order valence-electron chi connectivity index (χ4n) is 2.50. The predicted molar refractivity (Wildman–Crippen MR) is 77.4 cm³/mol. The maximum Gasteiger partial charge on any atom is 0.121 e. The highest BCUT2D eigenvalue weighted by molar-refractivity contribution is 5.43. The van der Waals surface area contributed by atoms with Crippen LogP contribution in [0.15, 0.2) is 24.3 Å². The molecule has 2 unspecified atom stereocenters. The number of hydrogen-bond acceptors (Lipinski definition) is 4. The van der Waals surface area contributed by atoms with Gasteiger partial charge in [-0.15, -0.1) is 0 Å². The van der Waals surface area contributed by atoms with E-state index in [1.54, 1.807) is 7.11 Å². The Hall–Kier alpha value is -1.26. The van der Waals surface area contributed by atoms with Crippen molar-refractivity contribution in [2.75, 3.05) is 39.1 Å². The average Bonchev–Trinajstić information content (AvgIpc) is 2.41. The van der Waals surface area contributed by atoms with Crippen LogP contribution >= 0.6 is 0 Å². The number of anilines is 1. The number of methoxy groups -OCH3 is 1. The van der Waals surface area contributed by atoms with E-state index in [0.29, 0.717) is 18.6 Å². The first-order chi connectivity index (χ1) is 9.19. The number of rotatable bonds is 5. The van der Waals surface area contributed by atoms with Crippen molar-refractivity contribution in [3.63, 3.8) is 0 Å². The summed E-state index contributed by atoms with van der Waals surface area (Å²) in [6, 6.07) is 7.57. The Kier molecular flexibility index (Phi) is 5.05. The Balaban J connectivity index is 1.74. The molecule has 1 aliphatic heterocycles. The second-order valence-corrected chi connectivity index (χ2v) is 5.26. The van der Waals surface area contributed by atoms with Crippen molar-refractivity contribution < 1.29 is 9.47 Å². The number of nitrogens with two attached hydrogens (primary N) is 1. The zero-order chi connectivity index (χ0) is 13.7. The van der Waals surface area contributed by atoms with E-state index in [4.69, 9.17) is 15.2 Å². The van der Waals surface area contributed by atoms with Gasteiger partial charge < -0.3 is 15.2 Å². The van der Waals surface area contributed by atoms with Crippen molar-refractivity contribution in [2.45, 2.75) is 19.4 Å². The van der Waals surface area contributed by atoms with Gasteiger partial charge in [-0.2, -0.15) is 0 Å². The lowest BCUT2D eigenvalue weighted by molar-refractivity contribution is -0.00788. The van der Waals surface area contributed by atoms with E-state index >= 15 is 0 Å². The average molecular weight is 264 g/mol. The second-order valence-electron chi connectivity index (χ2n) is 5.26. The summed E-state index contributed by atoms with van der Waals surface area (Å²) >= 11 is 0. The monoisotopic (exact) mass is 264 g/mol. The SMILES string of the molecule is COC1CN(CCOc2cccc(N)c2)CCC1C. The quantitative estimate of drug-likeness (QED) is 0.826. The second kappa shape index (κ2) is 6.78. The van der Waals surface area contributed by atoms with Crippen LogP contribution in [0.5, 0.6) is 5.75 Å². The molecule has 1 aliphatic rings. The molecule has 0 radical (unpaired) electrons. The van der Waals surface area contributed by atoms with Gasteiger partial charge in [-0.1, -0.05) is 13.0 Å². The number of hydrogen-bond donors (Lipinski definition) is 1. The molecule has 0 spiro atoms. The smallest absolute Gasteiger partial charge is 0.121 e. The van der Waals surface area contributed by atoms with E-state index in [9.17, 15) is 0 Å². The van der Waals surface area contributed by atoms with Crippen molar-refractivity contribution in [3.8, 4) is 5.75 Å². The van der Waals surface area contributed by atoms with Gasteiger partial charge in [0.2, 0.25) is 0 Å². The normalized spacial score (nSPS) is 24.3. The van der Waals surface area contributed by atoms with Gasteiger partial charge in [0.15, 0.2) is 0 Å². The van der Waals surface area contributed by atoms with Gasteiger partial charge >= 0.3 is 0 Å². The van der Waals surface area contributed by atoms with Crippen LogP contribution in [0.1, 0.15) is 13.3 Å². The standard InChI is InChI=1S/C15H24N2O2/c1-12-6-7-17(11-15(12)18-2)8-9-19-14-5-3-4-13(16)10-14/h3-5,10,12,15H,6-9,11,16H2,1-2H3. The molecule has 1 saturated heterocycles. The predicted octanol–water partition coefficient (Wildman–Crippen LogP) is 2.00. The van der Waals surface area contributed by atoms with Crippen molar-refractivity contribution in [3.05, 3.63) is 24.3 Å². The summed E-state index contributed by atoms with van der Waals surface area (Å²) in [5.41, 5.74) is 6.46. The van der Waals surface area contributed by atoms with Gasteiger partial charge in [-0.25, -0.2) is 0 Å². The van der Waals surface area contributed by atoms with Crippen molar-refractivity contribution in [2.24, 2.45) is 5.92 Å². The molecule has 0 saturated carbocycles. The fraction of sp³-hybridized carbons (Fsp3) is 0.600. The Labute approximate surface area is 115 Å². The summed E-state index contributed by atoms with van der Waals surface area (Å²) in [5, 5.41) is 0. The van der Waals surface area contributed by atoms with E-state index in [2.05, 4.69) is 11.8 Å². The minimum atomic E-state index is 0.348. The summed E-state index contributed by atoms with van der Waals surface area (Å²) in [6.45, 7) is 6.00. The minimum Gasteiger partial charge on any atom is -0.492 e. The first kappa shape index (κ1) is 14.2. The molecule has 2 N–H and O–H groups in total. The summed E-state index contributed by atoms with van der Waals surface area (Å²) < 4.78 is 11.2. The minimum absolute atomic E-state index is 0.348. The Morgan fingerprint density at radius 3 is 3.00 bits per heavy atom. The van der Waals surface area contributed by atoms with Gasteiger partial charge in [-0.05, 0) is 31.0 Å². The van der Waals surface area contributed by atoms with Crippen molar-refractivity contribution in [1.29, 1.82) is 0 Å². The van der Waals surface area contributed by atoms with Crippen LogP contribution in [0.2, 0.25) is 0 Å². The molecule has 2 rings (SSSR count). The number of nitrogen functional groups attached to an aromatic ring is 1. The molecule has 19 heavy (non-hydrogen) atoms. The molecule has 2 atom stereocenters. The van der Waals surface area contributed by atoms with Crippen LogP contribution in [0.3, 0.4) is 0 Å². The molecular weight excluding hydrogens is 240 g/mol. The molecule has 4 nitrogen and oxygen atoms in total. The largest absolute Gasteiger partial charge is 0.492 e. The molecule has 106 valence electrons. The summed E-state index contributed by atoms with van der Waals surface area (Å²) in [7, 11) is 1.80. The topological polar surface area (TPSA) is 47.7 Å². The zero-order valence-electron chi connectivity index (χ0n) is 11.8. The molecule has 1 heterocycles. The molecule has 4 heteroatoms. The molecule has 0 bridgehead atoms. The van der Waals surface area contributed by atoms with Crippen LogP contribution in [-0.4, -0.2) is 44.4 Å². The van der Waals surface area contributed by atoms with Crippen LogP contribution in [0, 0.1) is 5.92 Å². The summed E-state index contributed by atoms with van der Waals surface area (Å²) in [6.07, 6.45) is 1.54. The van der Waals surface area contributed by atoms with E-state index < -0.39 is 0 Å². The molecule has 0 aliphatic carbocycles. The number of benzene rings is 1. The third kappa shape index (κ3) is 4.11. The Morgan fingerprint density at radius 2 is 2.26 bits per heavy atom. The van der Waals surface area contributed by atoms with Gasteiger partial charge in [0.25, 0.3) is 0 Å². The molecule has 1 aromatic rings. The van der Waals surface area contributed by atoms with Crippen LogP contribution in [0.25, 0.3) is 0 Å². The van der Waals surface area contributed by atoms with Crippen LogP contribution in [-0.2, 0) is 4.74 Å². The van der Waals surface area contributed by atoms with E-state index in [1.165, 1.54) is 6.42 Å². The summed E-state index contributed by atoms with van der Waals surface area (Å²) in [4.78, 5) is 2.40. The molecule has 0 aromatic heterocycles. The summed E-state index contributed by atoms with van der Waals surface area (Å²) in [5.74, 6) is 1.49. The third-order valence-electron chi connectivity index (χ3n) is 3.81. The van der Waals surface area contributed by atoms with Crippen molar-refractivity contribution >= 4 is 5.69 Å². The maximum atomic E-state index is 5.72. The highest BCUT2D eigenvalue weighted by Gasteiger charge is 2.25. The third-order valence-corrected chi connectivity index (χ3v) is 3.81. The fourth-order valence-corrected chi connectivity index (χ4v) is 2.50. The molecular formula is C15H24N2O2. The molecule has 0 amide bonds. The first-order valence-electron chi connectivity index (χ1n) is 6.92. The molecule has 1 fully saturated rings. The lowest BCUT2D eigenvalue weighted by Crippen LogP contribution is -2.45. The van der Waals surface area contributed by atoms with Gasteiger partial charge in [-0.3, -0.25) is 4.90 Å². The van der Waals surface area contributed by atoms with Gasteiger partial charge in [0.05, 0.1) is 6.10 Å². The van der Waals surface area contributed by atoms with E-state index in [1.807, 2.05) is 24.3 Å². The number of likely N-dealkylation sites (tertiary alicyclic amines) is 1.